The highest BCUT2D eigenvalue weighted by molar-refractivity contribution is 6.27. The van der Waals surface area contributed by atoms with Gasteiger partial charge in [0, 0.05) is 24.0 Å². The first-order valence-corrected chi connectivity index (χ1v) is 11.3. The van der Waals surface area contributed by atoms with Gasteiger partial charge in [-0.2, -0.15) is 0 Å². The summed E-state index contributed by atoms with van der Waals surface area (Å²) in [4.78, 5) is 53.2. The largest absolute Gasteiger partial charge is 0.473 e. The fraction of sp³-hybridized carbons (Fsp3) is 0.458. The number of fused-ring (bicyclic) bond motifs is 2. The molecular weight excluding hydrogens is 476 g/mol. The van der Waals surface area contributed by atoms with Gasteiger partial charge in [-0.1, -0.05) is 0 Å². The van der Waals surface area contributed by atoms with Gasteiger partial charge < -0.3 is 29.7 Å². The second-order valence-corrected chi connectivity index (χ2v) is 8.73. The molecule has 0 saturated carbocycles. The highest BCUT2D eigenvalue weighted by Gasteiger charge is 2.22. The molecule has 4 rings (SSSR count). The summed E-state index contributed by atoms with van der Waals surface area (Å²) in [6.07, 6.45) is 5.85. The van der Waals surface area contributed by atoms with Crippen LogP contribution < -0.4 is 5.63 Å². The monoisotopic (exact) mass is 506 g/mol. The summed E-state index contributed by atoms with van der Waals surface area (Å²) >= 11 is 0. The van der Waals surface area contributed by atoms with Crippen LogP contribution in [0, 0.1) is 0 Å². The number of carboxylic acid groups (broad SMARTS) is 4. The van der Waals surface area contributed by atoms with Gasteiger partial charge in [0.1, 0.15) is 5.58 Å². The molecule has 0 unspecified atom stereocenters. The molecule has 0 amide bonds. The van der Waals surface area contributed by atoms with E-state index < -0.39 is 23.9 Å². The number of carbonyl (C=O) groups is 4. The minimum absolute atomic E-state index is 0.229. The zero-order chi connectivity index (χ0) is 27.0. The molecular formula is C24H30N2O10. The Bertz CT molecular complexity index is 1130. The molecule has 0 spiro atoms. The molecule has 1 aliphatic carbocycles. The third-order valence-corrected chi connectivity index (χ3v) is 6.14. The smallest absolute Gasteiger partial charge is 0.414 e. The standard InChI is InChI=1S/C20H26N2O2.2C2H2O4/c1-21-8-6-17(7-9-21)22(2)13-16-12-20(23)24-19-11-15-5-3-4-14(15)10-18(16)19;2*3-1(4)2(5)6/h10-12,17H,3-9,13H2,1-2H3;2*(H,3,4)(H,5,6). The lowest BCUT2D eigenvalue weighted by Gasteiger charge is -2.35. The zero-order valence-electron chi connectivity index (χ0n) is 20.1. The number of carboxylic acids is 4. The van der Waals surface area contributed by atoms with E-state index in [0.29, 0.717) is 6.04 Å². The Balaban J connectivity index is 0.000000319. The van der Waals surface area contributed by atoms with Gasteiger partial charge in [-0.15, -0.1) is 0 Å². The number of rotatable bonds is 3. The average molecular weight is 507 g/mol. The van der Waals surface area contributed by atoms with E-state index in [4.69, 9.17) is 44.0 Å². The number of nitrogens with zero attached hydrogens (tertiary/aromatic N) is 2. The van der Waals surface area contributed by atoms with Crippen LogP contribution in [-0.2, 0) is 38.6 Å². The molecule has 36 heavy (non-hydrogen) atoms. The lowest BCUT2D eigenvalue weighted by molar-refractivity contribution is -0.159. The van der Waals surface area contributed by atoms with Crippen molar-refractivity contribution in [1.29, 1.82) is 0 Å². The summed E-state index contributed by atoms with van der Waals surface area (Å²) in [5, 5.41) is 30.7. The van der Waals surface area contributed by atoms with E-state index in [0.717, 1.165) is 49.0 Å². The van der Waals surface area contributed by atoms with Crippen molar-refractivity contribution in [2.24, 2.45) is 0 Å². The molecule has 1 aliphatic heterocycles. The summed E-state index contributed by atoms with van der Waals surface area (Å²) in [7, 11) is 4.37. The molecule has 12 heteroatoms. The van der Waals surface area contributed by atoms with Crippen LogP contribution in [0.5, 0.6) is 0 Å². The maximum Gasteiger partial charge on any atom is 0.414 e. The van der Waals surface area contributed by atoms with Crippen LogP contribution in [0.25, 0.3) is 11.0 Å². The number of hydrogen-bond acceptors (Lipinski definition) is 8. The summed E-state index contributed by atoms with van der Waals surface area (Å²) in [6, 6.07) is 6.64. The maximum atomic E-state index is 12.0. The minimum Gasteiger partial charge on any atom is -0.473 e. The normalized spacial score (nSPS) is 15.3. The SMILES string of the molecule is CN1CCC(N(C)Cc2cc(=O)oc3cc4c(cc23)CCC4)CC1.O=C(O)C(=O)O.O=C(O)C(=O)O. The van der Waals surface area contributed by atoms with Gasteiger partial charge in [0.05, 0.1) is 0 Å². The third-order valence-electron chi connectivity index (χ3n) is 6.14. The molecule has 196 valence electrons. The van der Waals surface area contributed by atoms with Crippen LogP contribution in [0.1, 0.15) is 36.0 Å². The van der Waals surface area contributed by atoms with Crippen LogP contribution in [0.2, 0.25) is 0 Å². The van der Waals surface area contributed by atoms with Gasteiger partial charge in [0.15, 0.2) is 0 Å². The van der Waals surface area contributed by atoms with E-state index in [1.807, 2.05) is 0 Å². The van der Waals surface area contributed by atoms with E-state index in [2.05, 4.69) is 36.0 Å². The van der Waals surface area contributed by atoms with E-state index >= 15 is 0 Å². The average Bonchev–Trinajstić information content (AvgIpc) is 3.26. The van der Waals surface area contributed by atoms with E-state index in [9.17, 15) is 4.79 Å². The van der Waals surface area contributed by atoms with E-state index in [1.54, 1.807) is 6.07 Å². The Kier molecular flexibility index (Phi) is 10.1. The number of hydrogen-bond donors (Lipinski definition) is 4. The van der Waals surface area contributed by atoms with Crippen LogP contribution in [-0.4, -0.2) is 87.3 Å². The van der Waals surface area contributed by atoms with Crippen LogP contribution >= 0.6 is 0 Å². The summed E-state index contributed by atoms with van der Waals surface area (Å²) in [6.45, 7) is 3.12. The topological polar surface area (TPSA) is 186 Å². The molecule has 12 nitrogen and oxygen atoms in total. The first kappa shape index (κ1) is 28.5. The van der Waals surface area contributed by atoms with Gasteiger partial charge in [0.2, 0.25) is 0 Å². The fourth-order valence-electron chi connectivity index (χ4n) is 4.26. The van der Waals surface area contributed by atoms with Crippen molar-refractivity contribution in [3.63, 3.8) is 0 Å². The molecule has 1 aromatic heterocycles. The first-order valence-electron chi connectivity index (χ1n) is 11.3. The molecule has 0 bridgehead atoms. The first-order chi connectivity index (χ1) is 16.9. The second-order valence-electron chi connectivity index (χ2n) is 8.73. The Labute approximate surface area is 206 Å². The van der Waals surface area contributed by atoms with E-state index in [1.165, 1.54) is 30.4 Å². The predicted octanol–water partition coefficient (Wildman–Crippen LogP) is 1.12. The number of aryl methyl sites for hydroxylation is 2. The Hall–Kier alpha value is -3.77. The molecule has 0 atom stereocenters. The summed E-state index contributed by atoms with van der Waals surface area (Å²) in [5.74, 6) is -7.30. The Morgan fingerprint density at radius 1 is 0.917 bits per heavy atom. The Morgan fingerprint density at radius 2 is 1.42 bits per heavy atom. The predicted molar refractivity (Wildman–Crippen MR) is 127 cm³/mol. The number of benzene rings is 1. The van der Waals surface area contributed by atoms with Crippen molar-refractivity contribution >= 4 is 34.8 Å². The highest BCUT2D eigenvalue weighted by atomic mass is 16.4. The van der Waals surface area contributed by atoms with Gasteiger partial charge in [-0.3, -0.25) is 4.90 Å². The van der Waals surface area contributed by atoms with Crippen LogP contribution in [0.3, 0.4) is 0 Å². The maximum absolute atomic E-state index is 12.0. The molecule has 1 aromatic carbocycles. The zero-order valence-corrected chi connectivity index (χ0v) is 20.1. The molecule has 2 aromatic rings. The molecule has 0 radical (unpaired) electrons. The molecule has 4 N–H and O–H groups in total. The quantitative estimate of drug-likeness (QED) is 0.344. The van der Waals surface area contributed by atoms with Gasteiger partial charge >= 0.3 is 29.5 Å². The van der Waals surface area contributed by atoms with Crippen LogP contribution in [0.4, 0.5) is 0 Å². The Morgan fingerprint density at radius 3 is 1.92 bits per heavy atom. The van der Waals surface area contributed by atoms with E-state index in [-0.39, 0.29) is 5.63 Å². The molecule has 2 heterocycles. The van der Waals surface area contributed by atoms with Crippen molar-refractivity contribution < 1.29 is 44.0 Å². The second kappa shape index (κ2) is 12.8. The van der Waals surface area contributed by atoms with Gasteiger partial charge in [-0.25, -0.2) is 24.0 Å². The highest BCUT2D eigenvalue weighted by Crippen LogP contribution is 2.29. The number of likely N-dealkylation sites (tertiary alicyclic amines) is 1. The molecule has 1 saturated heterocycles. The molecule has 2 aliphatic rings. The van der Waals surface area contributed by atoms with Crippen molar-refractivity contribution in [2.45, 2.75) is 44.7 Å². The van der Waals surface area contributed by atoms with Crippen LogP contribution in [0.15, 0.2) is 27.4 Å². The summed E-state index contributed by atoms with van der Waals surface area (Å²) < 4.78 is 5.49. The number of aliphatic carboxylic acids is 4. The fourth-order valence-corrected chi connectivity index (χ4v) is 4.26. The van der Waals surface area contributed by atoms with Crippen molar-refractivity contribution in [3.05, 3.63) is 45.3 Å². The lowest BCUT2D eigenvalue weighted by Crippen LogP contribution is -2.41. The van der Waals surface area contributed by atoms with Crippen molar-refractivity contribution in [3.8, 4) is 0 Å². The van der Waals surface area contributed by atoms with Gasteiger partial charge in [0.25, 0.3) is 0 Å². The minimum atomic E-state index is -1.82. The van der Waals surface area contributed by atoms with Crippen molar-refractivity contribution in [2.75, 3.05) is 27.2 Å². The summed E-state index contributed by atoms with van der Waals surface area (Å²) in [5.41, 5.74) is 4.42. The lowest BCUT2D eigenvalue weighted by atomic mass is 10.0. The third kappa shape index (κ3) is 8.17. The van der Waals surface area contributed by atoms with Gasteiger partial charge in [-0.05, 0) is 88.1 Å². The van der Waals surface area contributed by atoms with Crippen molar-refractivity contribution in [1.82, 2.24) is 9.80 Å². The number of piperidine rings is 1. The molecule has 1 fully saturated rings.